The Bertz CT molecular complexity index is 690. The quantitative estimate of drug-likeness (QED) is 0.771. The van der Waals surface area contributed by atoms with Crippen LogP contribution < -0.4 is 4.74 Å². The van der Waals surface area contributed by atoms with Crippen molar-refractivity contribution in [1.29, 1.82) is 0 Å². The van der Waals surface area contributed by atoms with E-state index in [-0.39, 0.29) is 12.4 Å². The van der Waals surface area contributed by atoms with Gasteiger partial charge in [-0.3, -0.25) is 9.80 Å². The number of aliphatic hydroxyl groups is 1. The molecule has 0 bridgehead atoms. The van der Waals surface area contributed by atoms with Crippen molar-refractivity contribution >= 4 is 0 Å². The maximum Gasteiger partial charge on any atom is 0.123 e. The van der Waals surface area contributed by atoms with Gasteiger partial charge in [-0.25, -0.2) is 4.39 Å². The number of rotatable bonds is 8. The number of piperazine rings is 1. The van der Waals surface area contributed by atoms with Crippen LogP contribution in [0.3, 0.4) is 0 Å². The molecule has 0 saturated carbocycles. The third-order valence-corrected chi connectivity index (χ3v) is 5.09. The topological polar surface area (TPSA) is 35.9 Å². The lowest BCUT2D eigenvalue weighted by Gasteiger charge is -2.41. The lowest BCUT2D eigenvalue weighted by molar-refractivity contribution is 0.0499. The molecule has 0 aliphatic carbocycles. The van der Waals surface area contributed by atoms with Crippen LogP contribution in [0, 0.1) is 5.82 Å². The minimum absolute atomic E-state index is 0.189. The van der Waals surface area contributed by atoms with Crippen molar-refractivity contribution in [3.63, 3.8) is 0 Å². The Balaban J connectivity index is 1.59. The fraction of sp³-hybridized carbons (Fsp3) is 0.455. The van der Waals surface area contributed by atoms with Crippen LogP contribution in [0.4, 0.5) is 4.39 Å². The van der Waals surface area contributed by atoms with Gasteiger partial charge in [-0.1, -0.05) is 24.3 Å². The fourth-order valence-corrected chi connectivity index (χ4v) is 3.67. The van der Waals surface area contributed by atoms with Crippen LogP contribution >= 0.6 is 0 Å². The van der Waals surface area contributed by atoms with E-state index >= 15 is 0 Å². The van der Waals surface area contributed by atoms with Gasteiger partial charge < -0.3 is 9.84 Å². The number of hydrogen-bond donors (Lipinski definition) is 1. The second kappa shape index (κ2) is 9.83. The van der Waals surface area contributed by atoms with Gasteiger partial charge in [0.2, 0.25) is 0 Å². The van der Waals surface area contributed by atoms with Crippen molar-refractivity contribution in [1.82, 2.24) is 9.80 Å². The molecular formula is C22H29FN2O2. The van der Waals surface area contributed by atoms with Crippen molar-refractivity contribution in [2.24, 2.45) is 0 Å². The Morgan fingerprint density at radius 3 is 2.33 bits per heavy atom. The zero-order chi connectivity index (χ0) is 19.1. The van der Waals surface area contributed by atoms with Crippen LogP contribution in [-0.2, 0) is 13.1 Å². The average Bonchev–Trinajstić information content (AvgIpc) is 2.68. The number of hydrogen-bond acceptors (Lipinski definition) is 4. The summed E-state index contributed by atoms with van der Waals surface area (Å²) in [6.07, 6.45) is 0.761. The van der Waals surface area contributed by atoms with E-state index in [1.807, 2.05) is 31.2 Å². The molecule has 1 aliphatic heterocycles. The van der Waals surface area contributed by atoms with Crippen molar-refractivity contribution in [3.05, 3.63) is 65.5 Å². The number of halogens is 1. The van der Waals surface area contributed by atoms with Crippen molar-refractivity contribution in [2.45, 2.75) is 32.5 Å². The molecule has 2 aromatic rings. The molecule has 1 N–H and O–H groups in total. The highest BCUT2D eigenvalue weighted by atomic mass is 19.1. The molecule has 4 nitrogen and oxygen atoms in total. The summed E-state index contributed by atoms with van der Waals surface area (Å²) in [6, 6.07) is 15.3. The normalized spacial score (nSPS) is 18.6. The third kappa shape index (κ3) is 5.76. The molecular weight excluding hydrogens is 343 g/mol. The van der Waals surface area contributed by atoms with Gasteiger partial charge >= 0.3 is 0 Å². The van der Waals surface area contributed by atoms with E-state index in [0.717, 1.165) is 50.5 Å². The SMILES string of the molecule is CCOc1ccc(CN2CCN(Cc3ccc(F)cc3)C[C@@H]2CCO)cc1. The minimum Gasteiger partial charge on any atom is -0.494 e. The smallest absolute Gasteiger partial charge is 0.123 e. The zero-order valence-electron chi connectivity index (χ0n) is 16.0. The van der Waals surface area contributed by atoms with Crippen LogP contribution in [0.1, 0.15) is 24.5 Å². The van der Waals surface area contributed by atoms with Crippen LogP contribution in [-0.4, -0.2) is 53.8 Å². The summed E-state index contributed by atoms with van der Waals surface area (Å²) in [5, 5.41) is 9.50. The van der Waals surface area contributed by atoms with Gasteiger partial charge in [0.1, 0.15) is 11.6 Å². The molecule has 3 rings (SSSR count). The van der Waals surface area contributed by atoms with E-state index in [9.17, 15) is 9.50 Å². The Morgan fingerprint density at radius 2 is 1.67 bits per heavy atom. The average molecular weight is 372 g/mol. The van der Waals surface area contributed by atoms with E-state index in [1.54, 1.807) is 0 Å². The lowest BCUT2D eigenvalue weighted by Crippen LogP contribution is -2.52. The number of aliphatic hydroxyl groups excluding tert-OH is 1. The first-order valence-corrected chi connectivity index (χ1v) is 9.71. The second-order valence-electron chi connectivity index (χ2n) is 7.08. The first-order chi connectivity index (χ1) is 13.2. The maximum atomic E-state index is 13.1. The van der Waals surface area contributed by atoms with Crippen molar-refractivity contribution in [3.8, 4) is 5.75 Å². The molecule has 27 heavy (non-hydrogen) atoms. The van der Waals surface area contributed by atoms with Crippen molar-refractivity contribution in [2.75, 3.05) is 32.8 Å². The third-order valence-electron chi connectivity index (χ3n) is 5.09. The number of benzene rings is 2. The van der Waals surface area contributed by atoms with Crippen LogP contribution in [0.15, 0.2) is 48.5 Å². The molecule has 1 saturated heterocycles. The van der Waals surface area contributed by atoms with Gasteiger partial charge in [-0.15, -0.1) is 0 Å². The molecule has 0 aromatic heterocycles. The Morgan fingerprint density at radius 1 is 1.00 bits per heavy atom. The Hall–Kier alpha value is -1.95. The summed E-state index contributed by atoms with van der Waals surface area (Å²) in [7, 11) is 0. The molecule has 0 radical (unpaired) electrons. The fourth-order valence-electron chi connectivity index (χ4n) is 3.67. The van der Waals surface area contributed by atoms with Crippen LogP contribution in [0.5, 0.6) is 5.75 Å². The molecule has 1 aliphatic rings. The van der Waals surface area contributed by atoms with Gasteiger partial charge in [0.15, 0.2) is 0 Å². The van der Waals surface area contributed by atoms with Crippen LogP contribution in [0.25, 0.3) is 0 Å². The molecule has 5 heteroatoms. The summed E-state index contributed by atoms with van der Waals surface area (Å²) in [5.74, 6) is 0.703. The van der Waals surface area contributed by atoms with E-state index < -0.39 is 0 Å². The van der Waals surface area contributed by atoms with E-state index in [1.165, 1.54) is 17.7 Å². The predicted octanol–water partition coefficient (Wildman–Crippen LogP) is 3.29. The lowest BCUT2D eigenvalue weighted by atomic mass is 10.1. The Kier molecular flexibility index (Phi) is 7.21. The van der Waals surface area contributed by atoms with Crippen molar-refractivity contribution < 1.29 is 14.2 Å². The summed E-state index contributed by atoms with van der Waals surface area (Å²) in [6.45, 7) is 7.38. The summed E-state index contributed by atoms with van der Waals surface area (Å²) >= 11 is 0. The van der Waals surface area contributed by atoms with E-state index in [0.29, 0.717) is 12.6 Å². The minimum atomic E-state index is -0.197. The van der Waals surface area contributed by atoms with Crippen LogP contribution in [0.2, 0.25) is 0 Å². The maximum absolute atomic E-state index is 13.1. The first-order valence-electron chi connectivity index (χ1n) is 9.71. The number of ether oxygens (including phenoxy) is 1. The first kappa shape index (κ1) is 19.8. The molecule has 1 heterocycles. The van der Waals surface area contributed by atoms with Gasteiger partial charge in [0.25, 0.3) is 0 Å². The highest BCUT2D eigenvalue weighted by Crippen LogP contribution is 2.20. The molecule has 1 fully saturated rings. The van der Waals surface area contributed by atoms with Gasteiger partial charge in [0.05, 0.1) is 6.61 Å². The second-order valence-corrected chi connectivity index (χ2v) is 7.08. The predicted molar refractivity (Wildman–Crippen MR) is 105 cm³/mol. The standard InChI is InChI=1S/C22H29FN2O2/c1-2-27-22-9-5-19(6-10-22)16-25-13-12-24(17-21(25)11-14-26)15-18-3-7-20(23)8-4-18/h3-10,21,26H,2,11-17H2,1H3/t21-/m0/s1. The van der Waals surface area contributed by atoms with Gasteiger partial charge in [-0.05, 0) is 48.7 Å². The largest absolute Gasteiger partial charge is 0.494 e. The summed E-state index contributed by atoms with van der Waals surface area (Å²) in [4.78, 5) is 4.84. The van der Waals surface area contributed by atoms with Gasteiger partial charge in [-0.2, -0.15) is 0 Å². The summed E-state index contributed by atoms with van der Waals surface area (Å²) < 4.78 is 18.6. The zero-order valence-corrected chi connectivity index (χ0v) is 16.0. The molecule has 0 unspecified atom stereocenters. The Labute approximate surface area is 161 Å². The van der Waals surface area contributed by atoms with Gasteiger partial charge in [0, 0.05) is 45.4 Å². The molecule has 146 valence electrons. The van der Waals surface area contributed by atoms with E-state index in [2.05, 4.69) is 21.9 Å². The molecule has 1 atom stereocenters. The monoisotopic (exact) mass is 372 g/mol. The van der Waals surface area contributed by atoms with E-state index in [4.69, 9.17) is 4.74 Å². The highest BCUT2D eigenvalue weighted by Gasteiger charge is 2.26. The summed E-state index contributed by atoms with van der Waals surface area (Å²) in [5.41, 5.74) is 2.38. The molecule has 0 spiro atoms. The molecule has 2 aromatic carbocycles. The highest BCUT2D eigenvalue weighted by molar-refractivity contribution is 5.27. The molecule has 0 amide bonds. The number of nitrogens with zero attached hydrogens (tertiary/aromatic N) is 2.